The monoisotopic (exact) mass is 195 g/mol. The molecular formula is C6H3N4O2S. The fourth-order valence-corrected chi connectivity index (χ4v) is 1.52. The molecular weight excluding hydrogens is 192 g/mol. The second-order valence-electron chi connectivity index (χ2n) is 2.25. The van der Waals surface area contributed by atoms with Gasteiger partial charge in [-0.25, -0.2) is 10.1 Å². The van der Waals surface area contributed by atoms with E-state index in [1.807, 2.05) is 0 Å². The molecule has 0 saturated carbocycles. The molecule has 0 fully saturated rings. The van der Waals surface area contributed by atoms with Crippen LogP contribution in [0, 0.1) is 5.51 Å². The molecule has 0 atom stereocenters. The minimum absolute atomic E-state index is 0.0351. The van der Waals surface area contributed by atoms with Gasteiger partial charge in [0.2, 0.25) is 0 Å². The Morgan fingerprint density at radius 2 is 2.38 bits per heavy atom. The smallest absolute Gasteiger partial charge is 0.283 e. The van der Waals surface area contributed by atoms with Crippen LogP contribution in [0.5, 0.6) is 0 Å². The first-order valence-electron chi connectivity index (χ1n) is 3.25. The molecule has 0 saturated heterocycles. The third kappa shape index (κ3) is 1.09. The van der Waals surface area contributed by atoms with Crippen LogP contribution in [0.1, 0.15) is 10.5 Å². The fourth-order valence-electron chi connectivity index (χ4n) is 0.910. The zero-order chi connectivity index (χ0) is 9.42. The highest BCUT2D eigenvalue weighted by Crippen LogP contribution is 2.13. The molecule has 0 aliphatic rings. The number of amides is 1. The number of nitrogens with two attached hydrogens (primary N) is 1. The Bertz CT molecular complexity index is 529. The molecule has 0 bridgehead atoms. The van der Waals surface area contributed by atoms with Crippen molar-refractivity contribution in [2.75, 3.05) is 0 Å². The minimum Gasteiger partial charge on any atom is -0.364 e. The van der Waals surface area contributed by atoms with Crippen LogP contribution in [0.25, 0.3) is 10.2 Å². The Balaban J connectivity index is 2.94. The van der Waals surface area contributed by atoms with Crippen LogP contribution >= 0.6 is 11.3 Å². The summed E-state index contributed by atoms with van der Waals surface area (Å²) in [7, 11) is 0. The topological polar surface area (TPSA) is 102 Å². The lowest BCUT2D eigenvalue weighted by Crippen LogP contribution is -2.18. The number of primary amides is 1. The minimum atomic E-state index is -0.722. The molecule has 1 radical (unpaired) electrons. The summed E-state index contributed by atoms with van der Waals surface area (Å²) < 4.78 is 0.309. The lowest BCUT2D eigenvalue weighted by atomic mass is 10.3. The van der Waals surface area contributed by atoms with Gasteiger partial charge in [-0.15, -0.1) is 11.3 Å². The molecule has 7 heteroatoms. The summed E-state index contributed by atoms with van der Waals surface area (Å²) in [6.45, 7) is 0. The van der Waals surface area contributed by atoms with E-state index in [-0.39, 0.29) is 11.2 Å². The molecule has 2 aromatic rings. The first kappa shape index (κ1) is 7.87. The van der Waals surface area contributed by atoms with Gasteiger partial charge in [-0.3, -0.25) is 9.59 Å². The summed E-state index contributed by atoms with van der Waals surface area (Å²) in [5.74, 6) is -0.722. The molecule has 0 aliphatic carbocycles. The number of aromatic nitrogens is 3. The zero-order valence-electron chi connectivity index (χ0n) is 6.20. The standard InChI is InChI=1S/C6H3N4O2S/c7-5(11)3-2-4(13-1-8-2)6(12)10-9-3/h(H2,7,11)(H,10,12). The van der Waals surface area contributed by atoms with Crippen LogP contribution in [0.3, 0.4) is 0 Å². The Morgan fingerprint density at radius 3 is 3.08 bits per heavy atom. The molecule has 2 aromatic heterocycles. The molecule has 2 heterocycles. The summed E-state index contributed by atoms with van der Waals surface area (Å²) >= 11 is 1.02. The van der Waals surface area contributed by atoms with E-state index in [9.17, 15) is 9.59 Å². The Hall–Kier alpha value is -1.76. The average molecular weight is 195 g/mol. The van der Waals surface area contributed by atoms with Crippen molar-refractivity contribution < 1.29 is 4.79 Å². The number of hydrogen-bond acceptors (Lipinski definition) is 5. The van der Waals surface area contributed by atoms with E-state index >= 15 is 0 Å². The molecule has 3 N–H and O–H groups in total. The Labute approximate surface area is 75.4 Å². The number of carbonyl (C=O) groups is 1. The van der Waals surface area contributed by atoms with Gasteiger partial charge in [-0.2, -0.15) is 5.10 Å². The van der Waals surface area contributed by atoms with Gasteiger partial charge in [0.05, 0.1) is 0 Å². The van der Waals surface area contributed by atoms with Crippen molar-refractivity contribution in [2.24, 2.45) is 5.73 Å². The van der Waals surface area contributed by atoms with E-state index in [4.69, 9.17) is 5.73 Å². The van der Waals surface area contributed by atoms with E-state index in [1.54, 1.807) is 0 Å². The van der Waals surface area contributed by atoms with E-state index < -0.39 is 11.5 Å². The molecule has 0 aliphatic heterocycles. The number of thiazole rings is 1. The number of nitrogens with zero attached hydrogens (tertiary/aromatic N) is 2. The maximum absolute atomic E-state index is 11.1. The van der Waals surface area contributed by atoms with Crippen LogP contribution in [0.4, 0.5) is 0 Å². The molecule has 1 amide bonds. The first-order valence-corrected chi connectivity index (χ1v) is 4.07. The zero-order valence-corrected chi connectivity index (χ0v) is 7.01. The molecule has 2 rings (SSSR count). The molecule has 13 heavy (non-hydrogen) atoms. The highest BCUT2D eigenvalue weighted by molar-refractivity contribution is 7.16. The third-order valence-electron chi connectivity index (χ3n) is 1.45. The van der Waals surface area contributed by atoms with Crippen molar-refractivity contribution >= 4 is 27.5 Å². The maximum atomic E-state index is 11.1. The predicted octanol–water partition coefficient (Wildman–Crippen LogP) is -0.721. The third-order valence-corrected chi connectivity index (χ3v) is 2.22. The number of fused-ring (bicyclic) bond motifs is 1. The largest absolute Gasteiger partial charge is 0.364 e. The van der Waals surface area contributed by atoms with E-state index in [0.29, 0.717) is 4.70 Å². The van der Waals surface area contributed by atoms with Crippen LogP contribution in [-0.2, 0) is 0 Å². The number of hydrogen-bond donors (Lipinski definition) is 2. The van der Waals surface area contributed by atoms with E-state index in [0.717, 1.165) is 11.3 Å². The molecule has 0 unspecified atom stereocenters. The average Bonchev–Trinajstić information content (AvgIpc) is 2.53. The lowest BCUT2D eigenvalue weighted by molar-refractivity contribution is 0.0996. The number of H-pyrrole nitrogens is 1. The summed E-state index contributed by atoms with van der Waals surface area (Å²) in [4.78, 5) is 25.6. The molecule has 0 spiro atoms. The van der Waals surface area contributed by atoms with Crippen molar-refractivity contribution in [2.45, 2.75) is 0 Å². The fraction of sp³-hybridized carbons (Fsp3) is 0. The van der Waals surface area contributed by atoms with Crippen LogP contribution in [-0.4, -0.2) is 21.1 Å². The lowest BCUT2D eigenvalue weighted by Gasteiger charge is -1.92. The van der Waals surface area contributed by atoms with Gasteiger partial charge in [0.1, 0.15) is 10.2 Å². The quantitative estimate of drug-likeness (QED) is 0.626. The van der Waals surface area contributed by atoms with Crippen molar-refractivity contribution in [3.8, 4) is 0 Å². The van der Waals surface area contributed by atoms with E-state index in [1.165, 1.54) is 0 Å². The van der Waals surface area contributed by atoms with Crippen molar-refractivity contribution in [3.63, 3.8) is 0 Å². The molecule has 6 nitrogen and oxygen atoms in total. The maximum Gasteiger partial charge on any atom is 0.283 e. The molecule has 65 valence electrons. The van der Waals surface area contributed by atoms with Crippen molar-refractivity contribution in [1.82, 2.24) is 15.2 Å². The van der Waals surface area contributed by atoms with Gasteiger partial charge >= 0.3 is 0 Å². The second kappa shape index (κ2) is 2.63. The highest BCUT2D eigenvalue weighted by atomic mass is 32.1. The second-order valence-corrected chi connectivity index (χ2v) is 3.04. The number of carbonyl (C=O) groups excluding carboxylic acids is 1. The van der Waals surface area contributed by atoms with Crippen molar-refractivity contribution in [3.05, 3.63) is 21.6 Å². The summed E-state index contributed by atoms with van der Waals surface area (Å²) in [5, 5.41) is 5.64. The van der Waals surface area contributed by atoms with Gasteiger partial charge in [-0.1, -0.05) is 0 Å². The van der Waals surface area contributed by atoms with Gasteiger partial charge < -0.3 is 5.73 Å². The van der Waals surface area contributed by atoms with Crippen LogP contribution < -0.4 is 11.3 Å². The highest BCUT2D eigenvalue weighted by Gasteiger charge is 2.13. The van der Waals surface area contributed by atoms with Gasteiger partial charge in [0, 0.05) is 0 Å². The van der Waals surface area contributed by atoms with Gasteiger partial charge in [0.25, 0.3) is 11.5 Å². The summed E-state index contributed by atoms with van der Waals surface area (Å²) in [6.07, 6.45) is 0. The SMILES string of the molecule is NC(=O)c1n[nH]c(=O)c2s[c]nc12. The number of aromatic amines is 1. The normalized spacial score (nSPS) is 10.5. The summed E-state index contributed by atoms with van der Waals surface area (Å²) in [5.41, 5.74) is 7.30. The van der Waals surface area contributed by atoms with Crippen LogP contribution in [0.15, 0.2) is 4.79 Å². The first-order chi connectivity index (χ1) is 6.20. The van der Waals surface area contributed by atoms with Gasteiger partial charge in [0.15, 0.2) is 11.2 Å². The number of rotatable bonds is 1. The summed E-state index contributed by atoms with van der Waals surface area (Å²) in [6, 6.07) is 0. The Kier molecular flexibility index (Phi) is 1.59. The Morgan fingerprint density at radius 1 is 1.62 bits per heavy atom. The van der Waals surface area contributed by atoms with Gasteiger partial charge in [-0.05, 0) is 0 Å². The number of nitrogens with one attached hydrogen (secondary N) is 1. The predicted molar refractivity (Wildman–Crippen MR) is 45.4 cm³/mol. The van der Waals surface area contributed by atoms with Crippen molar-refractivity contribution in [1.29, 1.82) is 0 Å². The van der Waals surface area contributed by atoms with E-state index in [2.05, 4.69) is 20.7 Å². The van der Waals surface area contributed by atoms with Crippen LogP contribution in [0.2, 0.25) is 0 Å². The molecule has 0 aromatic carbocycles.